The molecule has 6 aromatic rings. The minimum atomic E-state index is -0.201. The number of para-hydroxylation sites is 2. The molecule has 3 aromatic heterocycles. The van der Waals surface area contributed by atoms with Crippen LogP contribution in [-0.2, 0) is 5.75 Å². The molecule has 39 heavy (non-hydrogen) atoms. The molecule has 3 aromatic carbocycles. The van der Waals surface area contributed by atoms with Crippen LogP contribution in [0.4, 0.5) is 17.6 Å². The monoisotopic (exact) mass is 537 g/mol. The van der Waals surface area contributed by atoms with E-state index in [0.29, 0.717) is 50.8 Å². The summed E-state index contributed by atoms with van der Waals surface area (Å²) in [6, 6.07) is 22.5. The number of nitrogens with two attached hydrogens (primary N) is 1. The molecule has 3 N–H and O–H groups in total. The van der Waals surface area contributed by atoms with Crippen LogP contribution in [0.3, 0.4) is 0 Å². The van der Waals surface area contributed by atoms with Crippen LogP contribution in [0.1, 0.15) is 11.4 Å². The molecule has 6 rings (SSSR count). The van der Waals surface area contributed by atoms with Crippen molar-refractivity contribution in [2.24, 2.45) is 0 Å². The van der Waals surface area contributed by atoms with Gasteiger partial charge in [-0.15, -0.1) is 10.2 Å². The quantitative estimate of drug-likeness (QED) is 0.286. The Hall–Kier alpha value is -4.97. The first-order chi connectivity index (χ1) is 19.0. The summed E-state index contributed by atoms with van der Waals surface area (Å²) in [5.41, 5.74) is 9.05. The zero-order valence-electron chi connectivity index (χ0n) is 21.1. The standard InChI is InChI=1S/C27H23N9O2S/c1-16-8-3-5-12-20(16)29-25-31-22(30-24(28)32-25)15-39-27-34-33-26-35(17-9-7-10-18(14-17)38-2)23(37)19-11-4-6-13-21(19)36(26)27/h3-14H,15H2,1-2H3,(H3,28,29,30,31,32). The van der Waals surface area contributed by atoms with Gasteiger partial charge >= 0.3 is 0 Å². The third kappa shape index (κ3) is 4.61. The summed E-state index contributed by atoms with van der Waals surface area (Å²) in [5.74, 6) is 2.30. The summed E-state index contributed by atoms with van der Waals surface area (Å²) in [5, 5.41) is 13.1. The van der Waals surface area contributed by atoms with E-state index >= 15 is 0 Å². The molecule has 0 spiro atoms. The van der Waals surface area contributed by atoms with Gasteiger partial charge < -0.3 is 15.8 Å². The number of nitrogens with zero attached hydrogens (tertiary/aromatic N) is 7. The van der Waals surface area contributed by atoms with Crippen molar-refractivity contribution >= 4 is 46.0 Å². The number of thioether (sulfide) groups is 1. The van der Waals surface area contributed by atoms with Crippen molar-refractivity contribution in [2.75, 3.05) is 18.2 Å². The summed E-state index contributed by atoms with van der Waals surface area (Å²) < 4.78 is 8.77. The fraction of sp³-hybridized carbons (Fsp3) is 0.111. The van der Waals surface area contributed by atoms with Crippen LogP contribution in [0.2, 0.25) is 0 Å². The fourth-order valence-electron chi connectivity index (χ4n) is 4.28. The zero-order valence-corrected chi connectivity index (χ0v) is 21.9. The smallest absolute Gasteiger partial charge is 0.267 e. The van der Waals surface area contributed by atoms with Crippen LogP contribution < -0.4 is 21.3 Å². The first kappa shape index (κ1) is 24.4. The molecule has 0 unspecified atom stereocenters. The van der Waals surface area contributed by atoms with Gasteiger partial charge in [-0.25, -0.2) is 4.57 Å². The minimum Gasteiger partial charge on any atom is -0.497 e. The number of fused-ring (bicyclic) bond motifs is 3. The van der Waals surface area contributed by atoms with Crippen LogP contribution in [0.5, 0.6) is 5.75 Å². The average Bonchev–Trinajstić information content (AvgIpc) is 3.37. The zero-order chi connectivity index (χ0) is 26.9. The molecule has 194 valence electrons. The molecule has 0 amide bonds. The highest BCUT2D eigenvalue weighted by Crippen LogP contribution is 2.26. The topological polar surface area (TPSA) is 138 Å². The van der Waals surface area contributed by atoms with E-state index in [-0.39, 0.29) is 11.5 Å². The Morgan fingerprint density at radius 3 is 2.64 bits per heavy atom. The fourth-order valence-corrected chi connectivity index (χ4v) is 5.07. The highest BCUT2D eigenvalue weighted by Gasteiger charge is 2.19. The van der Waals surface area contributed by atoms with Crippen molar-refractivity contribution in [1.82, 2.24) is 34.1 Å². The first-order valence-corrected chi connectivity index (χ1v) is 13.0. The maximum absolute atomic E-state index is 13.6. The number of hydrogen-bond acceptors (Lipinski definition) is 10. The normalized spacial score (nSPS) is 11.2. The van der Waals surface area contributed by atoms with E-state index in [4.69, 9.17) is 10.5 Å². The van der Waals surface area contributed by atoms with Crippen LogP contribution in [-0.4, -0.2) is 41.2 Å². The number of aromatic nitrogens is 7. The summed E-state index contributed by atoms with van der Waals surface area (Å²) in [6.45, 7) is 2.00. The lowest BCUT2D eigenvalue weighted by Gasteiger charge is -2.12. The van der Waals surface area contributed by atoms with Crippen molar-refractivity contribution < 1.29 is 4.74 Å². The van der Waals surface area contributed by atoms with Crippen LogP contribution in [0.15, 0.2) is 82.7 Å². The minimum absolute atomic E-state index is 0.111. The van der Waals surface area contributed by atoms with E-state index in [1.54, 1.807) is 19.2 Å². The first-order valence-electron chi connectivity index (χ1n) is 12.0. The number of nitrogen functional groups attached to an aromatic ring is 1. The predicted octanol–water partition coefficient (Wildman–Crippen LogP) is 4.15. The number of aryl methyl sites for hydroxylation is 1. The Balaban J connectivity index is 1.40. The Morgan fingerprint density at radius 2 is 1.79 bits per heavy atom. The molecule has 0 atom stereocenters. The Kier molecular flexibility index (Phi) is 6.29. The van der Waals surface area contributed by atoms with Gasteiger partial charge in [0.2, 0.25) is 17.7 Å². The van der Waals surface area contributed by atoms with Gasteiger partial charge in [0.1, 0.15) is 11.6 Å². The van der Waals surface area contributed by atoms with Crippen LogP contribution >= 0.6 is 11.8 Å². The number of benzene rings is 3. The molecule has 0 bridgehead atoms. The largest absolute Gasteiger partial charge is 0.497 e. The molecule has 0 saturated carbocycles. The van der Waals surface area contributed by atoms with E-state index in [9.17, 15) is 4.79 Å². The van der Waals surface area contributed by atoms with E-state index < -0.39 is 0 Å². The molecule has 0 radical (unpaired) electrons. The molecular formula is C27H23N9O2S. The number of hydrogen-bond donors (Lipinski definition) is 2. The van der Waals surface area contributed by atoms with E-state index in [0.717, 1.165) is 11.3 Å². The summed E-state index contributed by atoms with van der Waals surface area (Å²) >= 11 is 1.38. The van der Waals surface area contributed by atoms with Crippen molar-refractivity contribution in [1.29, 1.82) is 0 Å². The van der Waals surface area contributed by atoms with Crippen LogP contribution in [0, 0.1) is 6.92 Å². The maximum Gasteiger partial charge on any atom is 0.267 e. The molecule has 12 heteroatoms. The van der Waals surface area contributed by atoms with Gasteiger partial charge in [0.15, 0.2) is 5.16 Å². The number of nitrogens with one attached hydrogen (secondary N) is 1. The summed E-state index contributed by atoms with van der Waals surface area (Å²) in [7, 11) is 1.58. The Morgan fingerprint density at radius 1 is 0.974 bits per heavy atom. The molecule has 0 saturated heterocycles. The average molecular weight is 538 g/mol. The highest BCUT2D eigenvalue weighted by molar-refractivity contribution is 7.98. The van der Waals surface area contributed by atoms with Gasteiger partial charge in [0.05, 0.1) is 29.5 Å². The van der Waals surface area contributed by atoms with Gasteiger partial charge in [0.25, 0.3) is 5.56 Å². The lowest BCUT2D eigenvalue weighted by Crippen LogP contribution is -2.21. The second-order valence-corrected chi connectivity index (χ2v) is 9.58. The second kappa shape index (κ2) is 10.1. The molecule has 11 nitrogen and oxygen atoms in total. The van der Waals surface area contributed by atoms with Gasteiger partial charge in [-0.1, -0.05) is 48.2 Å². The molecule has 0 fully saturated rings. The number of anilines is 3. The van der Waals surface area contributed by atoms with Crippen molar-refractivity contribution in [3.63, 3.8) is 0 Å². The molecular weight excluding hydrogens is 514 g/mol. The molecule has 0 aliphatic heterocycles. The van der Waals surface area contributed by atoms with Crippen molar-refractivity contribution in [2.45, 2.75) is 17.8 Å². The number of rotatable bonds is 7. The number of ether oxygens (including phenoxy) is 1. The van der Waals surface area contributed by atoms with Crippen molar-refractivity contribution in [3.8, 4) is 11.4 Å². The van der Waals surface area contributed by atoms with E-state index in [1.807, 2.05) is 72.0 Å². The third-order valence-electron chi connectivity index (χ3n) is 6.13. The predicted molar refractivity (Wildman–Crippen MR) is 151 cm³/mol. The Labute approximate surface area is 226 Å². The van der Waals surface area contributed by atoms with Crippen molar-refractivity contribution in [3.05, 3.63) is 94.5 Å². The lowest BCUT2D eigenvalue weighted by atomic mass is 10.2. The second-order valence-electron chi connectivity index (χ2n) is 8.64. The third-order valence-corrected chi connectivity index (χ3v) is 7.05. The van der Waals surface area contributed by atoms with Gasteiger partial charge in [-0.2, -0.15) is 15.0 Å². The van der Waals surface area contributed by atoms with Gasteiger partial charge in [0, 0.05) is 11.8 Å². The summed E-state index contributed by atoms with van der Waals surface area (Å²) in [4.78, 5) is 26.7. The molecule has 3 heterocycles. The van der Waals surface area contributed by atoms with Gasteiger partial charge in [-0.3, -0.25) is 9.20 Å². The highest BCUT2D eigenvalue weighted by atomic mass is 32.2. The van der Waals surface area contributed by atoms with Gasteiger partial charge in [-0.05, 0) is 42.8 Å². The Bertz CT molecular complexity index is 1900. The number of methoxy groups -OCH3 is 1. The van der Waals surface area contributed by atoms with E-state index in [2.05, 4.69) is 30.5 Å². The molecule has 0 aliphatic carbocycles. The maximum atomic E-state index is 13.6. The van der Waals surface area contributed by atoms with Crippen LogP contribution in [0.25, 0.3) is 22.4 Å². The SMILES string of the molecule is COc1cccc(-n2c(=O)c3ccccc3n3c(SCc4nc(N)nc(Nc5ccccc5C)n4)nnc23)c1. The van der Waals surface area contributed by atoms with E-state index in [1.165, 1.54) is 16.3 Å². The lowest BCUT2D eigenvalue weighted by molar-refractivity contribution is 0.414. The summed E-state index contributed by atoms with van der Waals surface area (Å²) in [6.07, 6.45) is 0. The molecule has 0 aliphatic rings.